The lowest BCUT2D eigenvalue weighted by Gasteiger charge is -2.18. The average molecular weight is 251 g/mol. The number of carbonyl (C=O) groups excluding carboxylic acids is 1. The summed E-state index contributed by atoms with van der Waals surface area (Å²) in [6.45, 7) is 6.77. The third-order valence-corrected chi connectivity index (χ3v) is 2.59. The van der Waals surface area contributed by atoms with Crippen LogP contribution in [0.3, 0.4) is 0 Å². The van der Waals surface area contributed by atoms with Crippen LogP contribution in [0.4, 0.5) is 5.82 Å². The van der Waals surface area contributed by atoms with E-state index in [1.807, 2.05) is 31.9 Å². The Bertz CT molecular complexity index is 407. The van der Waals surface area contributed by atoms with Crippen LogP contribution in [0.2, 0.25) is 0 Å². The van der Waals surface area contributed by atoms with Gasteiger partial charge in [0.25, 0.3) is 0 Å². The van der Waals surface area contributed by atoms with Crippen molar-refractivity contribution in [3.8, 4) is 0 Å². The minimum Gasteiger partial charge on any atom is -0.466 e. The minimum atomic E-state index is -0.175. The zero-order chi connectivity index (χ0) is 13.5. The van der Waals surface area contributed by atoms with Gasteiger partial charge < -0.3 is 9.64 Å². The molecule has 1 rings (SSSR count). The number of aromatic nitrogens is 2. The number of anilines is 1. The molecular formula is C13H21N3O2. The smallest absolute Gasteiger partial charge is 0.307 e. The van der Waals surface area contributed by atoms with Gasteiger partial charge in [0.1, 0.15) is 11.6 Å². The second-order valence-corrected chi connectivity index (χ2v) is 4.09. The fourth-order valence-corrected chi connectivity index (χ4v) is 1.60. The average Bonchev–Trinajstić information content (AvgIpc) is 2.35. The van der Waals surface area contributed by atoms with E-state index in [2.05, 4.69) is 16.9 Å². The Morgan fingerprint density at radius 1 is 1.39 bits per heavy atom. The molecule has 5 nitrogen and oxygen atoms in total. The van der Waals surface area contributed by atoms with Crippen LogP contribution in [0.25, 0.3) is 0 Å². The maximum atomic E-state index is 11.3. The quantitative estimate of drug-likeness (QED) is 0.721. The summed E-state index contributed by atoms with van der Waals surface area (Å²) >= 11 is 0. The van der Waals surface area contributed by atoms with E-state index < -0.39 is 0 Å². The van der Waals surface area contributed by atoms with Gasteiger partial charge in [0.05, 0.1) is 13.0 Å². The summed E-state index contributed by atoms with van der Waals surface area (Å²) in [7, 11) is 1.92. The molecule has 18 heavy (non-hydrogen) atoms. The van der Waals surface area contributed by atoms with E-state index in [-0.39, 0.29) is 5.97 Å². The molecule has 1 aromatic heterocycles. The number of carbonyl (C=O) groups is 1. The second kappa shape index (κ2) is 6.93. The lowest BCUT2D eigenvalue weighted by Crippen LogP contribution is -2.23. The van der Waals surface area contributed by atoms with Crippen molar-refractivity contribution in [3.63, 3.8) is 0 Å². The van der Waals surface area contributed by atoms with Gasteiger partial charge in [-0.1, -0.05) is 6.92 Å². The maximum Gasteiger partial charge on any atom is 0.307 e. The Balaban J connectivity index is 2.63. The Morgan fingerprint density at radius 2 is 2.11 bits per heavy atom. The molecule has 0 aliphatic carbocycles. The van der Waals surface area contributed by atoms with E-state index in [0.29, 0.717) is 19.6 Å². The predicted molar refractivity (Wildman–Crippen MR) is 70.7 cm³/mol. The first-order valence-electron chi connectivity index (χ1n) is 6.28. The summed E-state index contributed by atoms with van der Waals surface area (Å²) in [6.07, 6.45) is 1.25. The highest BCUT2D eigenvalue weighted by Crippen LogP contribution is 2.12. The van der Waals surface area contributed by atoms with Crippen LogP contribution < -0.4 is 4.90 Å². The highest BCUT2D eigenvalue weighted by Gasteiger charge is 2.08. The summed E-state index contributed by atoms with van der Waals surface area (Å²) in [6, 6.07) is 1.96. The van der Waals surface area contributed by atoms with Crippen molar-refractivity contribution in [1.29, 1.82) is 0 Å². The number of aryl methyl sites for hydroxylation is 2. The van der Waals surface area contributed by atoms with Crippen molar-refractivity contribution in [2.24, 2.45) is 0 Å². The third-order valence-electron chi connectivity index (χ3n) is 2.59. The number of ether oxygens (including phenoxy) is 1. The summed E-state index contributed by atoms with van der Waals surface area (Å²) in [5.74, 6) is 1.43. The van der Waals surface area contributed by atoms with Crippen LogP contribution in [0.1, 0.15) is 31.8 Å². The maximum absolute atomic E-state index is 11.3. The van der Waals surface area contributed by atoms with Gasteiger partial charge in [-0.15, -0.1) is 0 Å². The molecule has 0 aromatic carbocycles. The molecule has 5 heteroatoms. The Kier molecular flexibility index (Phi) is 5.55. The Labute approximate surface area is 108 Å². The van der Waals surface area contributed by atoms with Crippen LogP contribution in [0, 0.1) is 6.92 Å². The van der Waals surface area contributed by atoms with E-state index >= 15 is 0 Å². The molecule has 0 N–H and O–H groups in total. The molecule has 100 valence electrons. The molecule has 0 saturated heterocycles. The standard InChI is InChI=1S/C13H21N3O2/c1-5-11-9-12(15-10(3)14-11)16(4)8-7-13(17)18-6-2/h9H,5-8H2,1-4H3. The number of hydrogen-bond acceptors (Lipinski definition) is 5. The Hall–Kier alpha value is -1.65. The molecule has 0 aliphatic heterocycles. The summed E-state index contributed by atoms with van der Waals surface area (Å²) in [5.41, 5.74) is 1.01. The molecule has 0 amide bonds. The largest absolute Gasteiger partial charge is 0.466 e. The normalized spacial score (nSPS) is 10.2. The van der Waals surface area contributed by atoms with Crippen molar-refractivity contribution in [3.05, 3.63) is 17.6 Å². The van der Waals surface area contributed by atoms with Crippen LogP contribution in [0.15, 0.2) is 6.07 Å². The van der Waals surface area contributed by atoms with Gasteiger partial charge in [0.15, 0.2) is 0 Å². The van der Waals surface area contributed by atoms with Gasteiger partial charge in [0, 0.05) is 25.4 Å². The van der Waals surface area contributed by atoms with E-state index in [1.54, 1.807) is 0 Å². The zero-order valence-corrected chi connectivity index (χ0v) is 11.6. The van der Waals surface area contributed by atoms with E-state index in [0.717, 1.165) is 23.8 Å². The lowest BCUT2D eigenvalue weighted by atomic mass is 10.3. The van der Waals surface area contributed by atoms with Crippen molar-refractivity contribution in [2.45, 2.75) is 33.6 Å². The van der Waals surface area contributed by atoms with Gasteiger partial charge in [-0.05, 0) is 20.3 Å². The molecule has 0 aliphatic rings. The highest BCUT2D eigenvalue weighted by atomic mass is 16.5. The molecule has 1 aromatic rings. The lowest BCUT2D eigenvalue weighted by molar-refractivity contribution is -0.142. The second-order valence-electron chi connectivity index (χ2n) is 4.09. The topological polar surface area (TPSA) is 55.3 Å². The van der Waals surface area contributed by atoms with Crippen LogP contribution in [-0.2, 0) is 16.0 Å². The highest BCUT2D eigenvalue weighted by molar-refractivity contribution is 5.70. The van der Waals surface area contributed by atoms with Crippen LogP contribution >= 0.6 is 0 Å². The van der Waals surface area contributed by atoms with Gasteiger partial charge in [-0.3, -0.25) is 4.79 Å². The fraction of sp³-hybridized carbons (Fsp3) is 0.615. The molecule has 0 spiro atoms. The molecular weight excluding hydrogens is 230 g/mol. The first kappa shape index (κ1) is 14.4. The van der Waals surface area contributed by atoms with Crippen molar-refractivity contribution >= 4 is 11.8 Å². The number of nitrogens with zero attached hydrogens (tertiary/aromatic N) is 3. The minimum absolute atomic E-state index is 0.175. The number of hydrogen-bond donors (Lipinski definition) is 0. The van der Waals surface area contributed by atoms with Crippen molar-refractivity contribution in [2.75, 3.05) is 25.1 Å². The Morgan fingerprint density at radius 3 is 2.72 bits per heavy atom. The molecule has 0 radical (unpaired) electrons. The number of rotatable bonds is 6. The van der Waals surface area contributed by atoms with E-state index in [9.17, 15) is 4.79 Å². The predicted octanol–water partition coefficient (Wildman–Crippen LogP) is 1.74. The van der Waals surface area contributed by atoms with E-state index in [1.165, 1.54) is 0 Å². The van der Waals surface area contributed by atoms with E-state index in [4.69, 9.17) is 4.74 Å². The zero-order valence-electron chi connectivity index (χ0n) is 11.6. The first-order chi connectivity index (χ1) is 8.56. The van der Waals surface area contributed by atoms with Crippen LogP contribution in [0.5, 0.6) is 0 Å². The summed E-state index contributed by atoms with van der Waals surface area (Å²) in [5, 5.41) is 0. The molecule has 0 unspecified atom stereocenters. The van der Waals surface area contributed by atoms with Gasteiger partial charge >= 0.3 is 5.97 Å². The molecule has 0 fully saturated rings. The molecule has 1 heterocycles. The van der Waals surface area contributed by atoms with Gasteiger partial charge in [0.2, 0.25) is 0 Å². The number of esters is 1. The first-order valence-corrected chi connectivity index (χ1v) is 6.28. The van der Waals surface area contributed by atoms with Gasteiger partial charge in [-0.2, -0.15) is 0 Å². The van der Waals surface area contributed by atoms with Gasteiger partial charge in [-0.25, -0.2) is 9.97 Å². The summed E-state index contributed by atoms with van der Waals surface area (Å²) in [4.78, 5) is 21.9. The van der Waals surface area contributed by atoms with Crippen molar-refractivity contribution in [1.82, 2.24) is 9.97 Å². The monoisotopic (exact) mass is 251 g/mol. The fourth-order valence-electron chi connectivity index (χ4n) is 1.60. The van der Waals surface area contributed by atoms with Crippen molar-refractivity contribution < 1.29 is 9.53 Å². The SMILES string of the molecule is CCOC(=O)CCN(C)c1cc(CC)nc(C)n1. The molecule has 0 atom stereocenters. The molecule has 0 bridgehead atoms. The third kappa shape index (κ3) is 4.31. The summed E-state index contributed by atoms with van der Waals surface area (Å²) < 4.78 is 4.90. The molecule has 0 saturated carbocycles. The van der Waals surface area contributed by atoms with Crippen LogP contribution in [-0.4, -0.2) is 36.1 Å².